The van der Waals surface area contributed by atoms with Gasteiger partial charge >= 0.3 is 0 Å². The van der Waals surface area contributed by atoms with Crippen LogP contribution in [-0.2, 0) is 7.05 Å². The lowest BCUT2D eigenvalue weighted by molar-refractivity contribution is 1.01. The first-order valence-electron chi connectivity index (χ1n) is 13.9. The van der Waals surface area contributed by atoms with Crippen molar-refractivity contribution < 1.29 is 0 Å². The van der Waals surface area contributed by atoms with E-state index in [0.29, 0.717) is 0 Å². The summed E-state index contributed by atoms with van der Waals surface area (Å²) in [5.41, 5.74) is 10.1. The molecular formula is C37H24N4. The lowest BCUT2D eigenvalue weighted by Crippen LogP contribution is -2.17. The van der Waals surface area contributed by atoms with E-state index in [-0.39, 0.29) is 0 Å². The first-order chi connectivity index (χ1) is 20.3. The van der Waals surface area contributed by atoms with Gasteiger partial charge in [-0.3, -0.25) is 9.88 Å². The molecule has 41 heavy (non-hydrogen) atoms. The van der Waals surface area contributed by atoms with Crippen molar-refractivity contribution in [1.82, 2.24) is 14.5 Å². The molecule has 0 saturated carbocycles. The summed E-state index contributed by atoms with van der Waals surface area (Å²) in [6.45, 7) is 0. The first kappa shape index (κ1) is 22.3. The number of pyridine rings is 2. The van der Waals surface area contributed by atoms with Gasteiger partial charge in [0.05, 0.1) is 22.3 Å². The van der Waals surface area contributed by atoms with Gasteiger partial charge in [0.15, 0.2) is 0 Å². The van der Waals surface area contributed by atoms with Crippen LogP contribution in [0.15, 0.2) is 128 Å². The van der Waals surface area contributed by atoms with Gasteiger partial charge in [-0.25, -0.2) is 4.98 Å². The van der Waals surface area contributed by atoms with Crippen molar-refractivity contribution in [3.63, 3.8) is 0 Å². The molecule has 1 aliphatic rings. The minimum absolute atomic E-state index is 0.922. The first-order valence-corrected chi connectivity index (χ1v) is 13.9. The van der Waals surface area contributed by atoms with Crippen LogP contribution in [0.3, 0.4) is 0 Å². The number of hydrogen-bond acceptors (Lipinski definition) is 3. The highest BCUT2D eigenvalue weighted by Gasteiger charge is 2.29. The minimum atomic E-state index is 0.922. The molecule has 1 aliphatic heterocycles. The zero-order chi connectivity index (χ0) is 27.1. The van der Waals surface area contributed by atoms with Crippen LogP contribution in [0.2, 0.25) is 0 Å². The standard InChI is InChI=1S/C37H24N4/c1-40-32-14-8-6-12-27(32)29-21-23(15-17-33(29)40)24-16-18-34-30(22-24)36-35-28(19-20-38-36)26-11-5-7-13-31(26)39-37(35)41(34)25-9-3-2-4-10-25/h2-22H,1H3. The third-order valence-electron chi connectivity index (χ3n) is 8.56. The number of anilines is 3. The summed E-state index contributed by atoms with van der Waals surface area (Å²) in [4.78, 5) is 12.5. The quantitative estimate of drug-likeness (QED) is 0.211. The Morgan fingerprint density at radius 1 is 0.585 bits per heavy atom. The van der Waals surface area contributed by atoms with E-state index in [1.165, 1.54) is 38.3 Å². The van der Waals surface area contributed by atoms with E-state index in [4.69, 9.17) is 9.97 Å². The Kier molecular flexibility index (Phi) is 4.50. The van der Waals surface area contributed by atoms with Crippen molar-refractivity contribution >= 4 is 60.7 Å². The zero-order valence-electron chi connectivity index (χ0n) is 22.4. The molecule has 192 valence electrons. The molecule has 0 radical (unpaired) electrons. The fraction of sp³-hybridized carbons (Fsp3) is 0.0270. The Morgan fingerprint density at radius 3 is 2.22 bits per heavy atom. The normalized spacial score (nSPS) is 12.5. The number of aryl methyl sites for hydroxylation is 1. The maximum atomic E-state index is 5.22. The van der Waals surface area contributed by atoms with Crippen molar-refractivity contribution in [2.45, 2.75) is 0 Å². The van der Waals surface area contributed by atoms with Crippen LogP contribution < -0.4 is 4.90 Å². The zero-order valence-corrected chi connectivity index (χ0v) is 22.4. The highest BCUT2D eigenvalue weighted by atomic mass is 15.2. The fourth-order valence-corrected chi connectivity index (χ4v) is 6.65. The van der Waals surface area contributed by atoms with Gasteiger partial charge in [0, 0.05) is 51.7 Å². The average molecular weight is 525 g/mol. The molecule has 4 heteroatoms. The van der Waals surface area contributed by atoms with E-state index in [1.54, 1.807) is 0 Å². The monoisotopic (exact) mass is 524 g/mol. The summed E-state index contributed by atoms with van der Waals surface area (Å²) in [6.07, 6.45) is 1.94. The minimum Gasteiger partial charge on any atom is -0.344 e. The lowest BCUT2D eigenvalue weighted by Gasteiger charge is -2.32. The van der Waals surface area contributed by atoms with E-state index in [0.717, 1.165) is 44.7 Å². The van der Waals surface area contributed by atoms with Crippen LogP contribution in [-0.4, -0.2) is 14.5 Å². The van der Waals surface area contributed by atoms with E-state index in [9.17, 15) is 0 Å². The molecule has 0 amide bonds. The summed E-state index contributed by atoms with van der Waals surface area (Å²) in [6, 6.07) is 43.2. The average Bonchev–Trinajstić information content (AvgIpc) is 3.32. The second-order valence-corrected chi connectivity index (χ2v) is 10.7. The van der Waals surface area contributed by atoms with Crippen molar-refractivity contribution in [2.24, 2.45) is 7.05 Å². The maximum absolute atomic E-state index is 5.22. The fourth-order valence-electron chi connectivity index (χ4n) is 6.65. The Labute approximate surface area is 236 Å². The van der Waals surface area contributed by atoms with Gasteiger partial charge in [-0.15, -0.1) is 0 Å². The molecule has 5 aromatic carbocycles. The van der Waals surface area contributed by atoms with Crippen molar-refractivity contribution in [3.05, 3.63) is 128 Å². The molecule has 0 spiro atoms. The summed E-state index contributed by atoms with van der Waals surface area (Å²) in [5.74, 6) is 0.922. The van der Waals surface area contributed by atoms with E-state index in [2.05, 4.69) is 138 Å². The largest absolute Gasteiger partial charge is 0.344 e. The Balaban J connectivity index is 1.33. The number of benzene rings is 5. The third kappa shape index (κ3) is 3.10. The summed E-state index contributed by atoms with van der Waals surface area (Å²) >= 11 is 0. The molecule has 3 aromatic heterocycles. The van der Waals surface area contributed by atoms with Gasteiger partial charge < -0.3 is 4.57 Å². The van der Waals surface area contributed by atoms with Gasteiger partial charge in [-0.1, -0.05) is 66.7 Å². The highest BCUT2D eigenvalue weighted by molar-refractivity contribution is 6.19. The summed E-state index contributed by atoms with van der Waals surface area (Å²) < 4.78 is 2.28. The predicted molar refractivity (Wildman–Crippen MR) is 170 cm³/mol. The topological polar surface area (TPSA) is 34.0 Å². The number of rotatable bonds is 2. The van der Waals surface area contributed by atoms with Crippen LogP contribution >= 0.6 is 0 Å². The molecule has 0 fully saturated rings. The molecule has 8 aromatic rings. The third-order valence-corrected chi connectivity index (χ3v) is 8.56. The molecule has 0 bridgehead atoms. The Morgan fingerprint density at radius 2 is 1.32 bits per heavy atom. The SMILES string of the molecule is Cn1c2ccccc2c2cc(-c3ccc4c(c3)-c3nccc5c3c(nc3ccccc35)N4c3ccccc3)ccc21. The molecule has 0 N–H and O–H groups in total. The number of fused-ring (bicyclic) bond motifs is 7. The second-order valence-electron chi connectivity index (χ2n) is 10.7. The maximum Gasteiger partial charge on any atom is 0.148 e. The van der Waals surface area contributed by atoms with Crippen LogP contribution in [0.25, 0.3) is 65.9 Å². The van der Waals surface area contributed by atoms with Crippen LogP contribution in [0.5, 0.6) is 0 Å². The van der Waals surface area contributed by atoms with Crippen molar-refractivity contribution in [1.29, 1.82) is 0 Å². The lowest BCUT2D eigenvalue weighted by atomic mass is 9.92. The molecule has 4 nitrogen and oxygen atoms in total. The number of para-hydroxylation sites is 3. The highest BCUT2D eigenvalue weighted by Crippen LogP contribution is 2.51. The summed E-state index contributed by atoms with van der Waals surface area (Å²) in [7, 11) is 2.14. The van der Waals surface area contributed by atoms with Crippen LogP contribution in [0.1, 0.15) is 0 Å². The van der Waals surface area contributed by atoms with E-state index < -0.39 is 0 Å². The van der Waals surface area contributed by atoms with Gasteiger partial charge in [-0.05, 0) is 71.1 Å². The van der Waals surface area contributed by atoms with Gasteiger partial charge in [0.1, 0.15) is 5.82 Å². The molecule has 4 heterocycles. The molecule has 0 aliphatic carbocycles. The predicted octanol–water partition coefficient (Wildman–Crippen LogP) is 9.55. The molecule has 0 saturated heterocycles. The molecule has 9 rings (SSSR count). The second kappa shape index (κ2) is 8.26. The van der Waals surface area contributed by atoms with Crippen molar-refractivity contribution in [3.8, 4) is 22.4 Å². The summed E-state index contributed by atoms with van der Waals surface area (Å²) in [5, 5.41) is 5.95. The van der Waals surface area contributed by atoms with Gasteiger partial charge in [-0.2, -0.15) is 0 Å². The van der Waals surface area contributed by atoms with Gasteiger partial charge in [0.25, 0.3) is 0 Å². The smallest absolute Gasteiger partial charge is 0.148 e. The molecule has 0 unspecified atom stereocenters. The number of hydrogen-bond donors (Lipinski definition) is 0. The van der Waals surface area contributed by atoms with Crippen molar-refractivity contribution in [2.75, 3.05) is 4.90 Å². The number of aromatic nitrogens is 3. The van der Waals surface area contributed by atoms with Crippen LogP contribution in [0.4, 0.5) is 17.2 Å². The van der Waals surface area contributed by atoms with Gasteiger partial charge in [0.2, 0.25) is 0 Å². The van der Waals surface area contributed by atoms with E-state index >= 15 is 0 Å². The number of nitrogens with zero attached hydrogens (tertiary/aromatic N) is 4. The molecule has 0 atom stereocenters. The van der Waals surface area contributed by atoms with E-state index in [1.807, 2.05) is 6.20 Å². The Hall–Kier alpha value is -5.48. The Bertz CT molecular complexity index is 2330. The molecular weight excluding hydrogens is 500 g/mol. The van der Waals surface area contributed by atoms with Crippen LogP contribution in [0, 0.1) is 0 Å².